The predicted molar refractivity (Wildman–Crippen MR) is 151 cm³/mol. The molecule has 0 bridgehead atoms. The molecule has 0 radical (unpaired) electrons. The molecule has 0 saturated carbocycles. The zero-order chi connectivity index (χ0) is 25.8. The third-order valence-corrected chi connectivity index (χ3v) is 7.37. The lowest BCUT2D eigenvalue weighted by molar-refractivity contribution is -0.139. The molecular weight excluding hydrogens is 488 g/mol. The average Bonchev–Trinajstić information content (AvgIpc) is 2.89. The van der Waals surface area contributed by atoms with Gasteiger partial charge in [-0.15, -0.1) is 11.8 Å². The van der Waals surface area contributed by atoms with Crippen LogP contribution in [0.1, 0.15) is 42.0 Å². The Labute approximate surface area is 224 Å². The van der Waals surface area contributed by atoms with E-state index >= 15 is 0 Å². The van der Waals surface area contributed by atoms with Crippen LogP contribution < -0.4 is 5.32 Å². The van der Waals surface area contributed by atoms with E-state index in [2.05, 4.69) is 43.4 Å². The van der Waals surface area contributed by atoms with E-state index in [4.69, 9.17) is 11.6 Å². The number of nitrogens with zero attached hydrogens (tertiary/aromatic N) is 1. The molecule has 0 unspecified atom stereocenters. The summed E-state index contributed by atoms with van der Waals surface area (Å²) in [5.74, 6) is 0.819. The summed E-state index contributed by atoms with van der Waals surface area (Å²) in [6, 6.07) is 25.1. The van der Waals surface area contributed by atoms with Crippen molar-refractivity contribution >= 4 is 35.2 Å². The van der Waals surface area contributed by atoms with Crippen molar-refractivity contribution in [2.45, 2.75) is 51.4 Å². The molecule has 0 spiro atoms. The van der Waals surface area contributed by atoms with Gasteiger partial charge < -0.3 is 10.2 Å². The molecule has 0 aliphatic rings. The molecular formula is C30H35ClN2O2S. The number of unbranched alkanes of at least 4 members (excludes halogenated alkanes) is 1. The van der Waals surface area contributed by atoms with Gasteiger partial charge in [0.1, 0.15) is 6.04 Å². The maximum absolute atomic E-state index is 13.7. The first kappa shape index (κ1) is 27.8. The van der Waals surface area contributed by atoms with Crippen LogP contribution in [0.4, 0.5) is 0 Å². The number of nitrogens with one attached hydrogen (secondary N) is 1. The molecule has 36 heavy (non-hydrogen) atoms. The molecule has 1 N–H and O–H groups in total. The first-order valence-electron chi connectivity index (χ1n) is 12.5. The number of halogens is 1. The van der Waals surface area contributed by atoms with Gasteiger partial charge in [-0.1, -0.05) is 103 Å². The van der Waals surface area contributed by atoms with Gasteiger partial charge in [0.15, 0.2) is 0 Å². The Bertz CT molecular complexity index is 1110. The van der Waals surface area contributed by atoms with Crippen molar-refractivity contribution in [1.29, 1.82) is 0 Å². The van der Waals surface area contributed by atoms with E-state index in [0.717, 1.165) is 29.7 Å². The van der Waals surface area contributed by atoms with Crippen molar-refractivity contribution in [3.63, 3.8) is 0 Å². The second kappa shape index (κ2) is 14.7. The van der Waals surface area contributed by atoms with Crippen molar-refractivity contribution in [2.75, 3.05) is 12.3 Å². The normalized spacial score (nSPS) is 11.6. The third-order valence-electron chi connectivity index (χ3n) is 6.01. The summed E-state index contributed by atoms with van der Waals surface area (Å²) in [5.41, 5.74) is 4.23. The fourth-order valence-electron chi connectivity index (χ4n) is 3.89. The third kappa shape index (κ3) is 8.72. The van der Waals surface area contributed by atoms with E-state index in [1.54, 1.807) is 16.7 Å². The Kier molecular flexibility index (Phi) is 11.4. The Morgan fingerprint density at radius 3 is 2.33 bits per heavy atom. The number of carbonyl (C=O) groups is 2. The molecule has 190 valence electrons. The van der Waals surface area contributed by atoms with E-state index in [1.165, 1.54) is 11.1 Å². The van der Waals surface area contributed by atoms with Gasteiger partial charge in [-0.25, -0.2) is 0 Å². The van der Waals surface area contributed by atoms with Gasteiger partial charge in [-0.3, -0.25) is 9.59 Å². The molecule has 0 aliphatic carbocycles. The maximum atomic E-state index is 13.7. The van der Waals surface area contributed by atoms with Gasteiger partial charge in [-0.2, -0.15) is 0 Å². The molecule has 1 atom stereocenters. The molecule has 0 aliphatic heterocycles. The van der Waals surface area contributed by atoms with Gasteiger partial charge in [-0.05, 0) is 36.1 Å². The number of aryl methyl sites for hydroxylation is 1. The van der Waals surface area contributed by atoms with Gasteiger partial charge in [0.2, 0.25) is 11.8 Å². The van der Waals surface area contributed by atoms with Crippen LogP contribution in [0.2, 0.25) is 5.02 Å². The van der Waals surface area contributed by atoms with E-state index < -0.39 is 6.04 Å². The highest BCUT2D eigenvalue weighted by Gasteiger charge is 2.30. The smallest absolute Gasteiger partial charge is 0.243 e. The molecule has 6 heteroatoms. The minimum absolute atomic E-state index is 0.0707. The van der Waals surface area contributed by atoms with E-state index in [1.807, 2.05) is 54.6 Å². The number of hydrogen-bond acceptors (Lipinski definition) is 3. The molecule has 2 amide bonds. The minimum Gasteiger partial charge on any atom is -0.354 e. The highest BCUT2D eigenvalue weighted by Crippen LogP contribution is 2.22. The van der Waals surface area contributed by atoms with Gasteiger partial charge in [0.25, 0.3) is 0 Å². The second-order valence-corrected chi connectivity index (χ2v) is 10.3. The molecule has 0 fully saturated rings. The van der Waals surface area contributed by atoms with Gasteiger partial charge in [0.05, 0.1) is 5.75 Å². The van der Waals surface area contributed by atoms with Crippen LogP contribution >= 0.6 is 23.4 Å². The Balaban J connectivity index is 1.83. The lowest BCUT2D eigenvalue weighted by Crippen LogP contribution is -2.51. The fourth-order valence-corrected chi connectivity index (χ4v) is 4.96. The lowest BCUT2D eigenvalue weighted by Gasteiger charge is -2.32. The number of benzene rings is 3. The topological polar surface area (TPSA) is 49.4 Å². The van der Waals surface area contributed by atoms with Crippen LogP contribution in [0.3, 0.4) is 0 Å². The summed E-state index contributed by atoms with van der Waals surface area (Å²) >= 11 is 8.04. The minimum atomic E-state index is -0.631. The van der Waals surface area contributed by atoms with Crippen molar-refractivity contribution in [3.05, 3.63) is 106 Å². The Hall–Kier alpha value is -2.76. The highest BCUT2D eigenvalue weighted by molar-refractivity contribution is 7.99. The largest absolute Gasteiger partial charge is 0.354 e. The van der Waals surface area contributed by atoms with Crippen molar-refractivity contribution in [1.82, 2.24) is 10.2 Å². The number of rotatable bonds is 13. The van der Waals surface area contributed by atoms with Crippen molar-refractivity contribution in [2.24, 2.45) is 0 Å². The summed E-state index contributed by atoms with van der Waals surface area (Å²) in [4.78, 5) is 28.8. The fraction of sp³-hybridized carbons (Fsp3) is 0.333. The SMILES string of the molecule is CCCCNC(=O)[C@@H](Cc1ccccc1)N(Cc1ccccc1Cl)C(=O)CSCc1ccc(C)cc1. The van der Waals surface area contributed by atoms with Gasteiger partial charge >= 0.3 is 0 Å². The second-order valence-electron chi connectivity index (χ2n) is 8.94. The monoisotopic (exact) mass is 522 g/mol. The van der Waals surface area contributed by atoms with Gasteiger partial charge in [0, 0.05) is 30.3 Å². The van der Waals surface area contributed by atoms with E-state index in [-0.39, 0.29) is 24.1 Å². The highest BCUT2D eigenvalue weighted by atomic mass is 35.5. The first-order chi connectivity index (χ1) is 17.5. The number of amides is 2. The summed E-state index contributed by atoms with van der Waals surface area (Å²) in [6.45, 7) is 5.02. The molecule has 3 aromatic rings. The van der Waals surface area contributed by atoms with Crippen molar-refractivity contribution < 1.29 is 9.59 Å². The predicted octanol–water partition coefficient (Wildman–Crippen LogP) is 6.44. The maximum Gasteiger partial charge on any atom is 0.243 e. The molecule has 0 heterocycles. The van der Waals surface area contributed by atoms with Crippen LogP contribution in [-0.4, -0.2) is 35.1 Å². The summed E-state index contributed by atoms with van der Waals surface area (Å²) in [7, 11) is 0. The number of carbonyl (C=O) groups excluding carboxylic acids is 2. The van der Waals surface area contributed by atoms with Crippen LogP contribution in [0.25, 0.3) is 0 Å². The Morgan fingerprint density at radius 1 is 0.944 bits per heavy atom. The van der Waals surface area contributed by atoms with Crippen LogP contribution in [0.15, 0.2) is 78.9 Å². The molecule has 0 saturated heterocycles. The first-order valence-corrected chi connectivity index (χ1v) is 14.0. The number of thioether (sulfide) groups is 1. The standard InChI is InChI=1S/C30H35ClN2O2S/c1-3-4-18-32-30(35)28(19-24-10-6-5-7-11-24)33(20-26-12-8-9-13-27(26)31)29(34)22-36-21-25-16-14-23(2)15-17-25/h5-17,28H,3-4,18-22H2,1-2H3,(H,32,35)/t28-/m1/s1. The molecule has 3 rings (SSSR count). The van der Waals surface area contributed by atoms with E-state index in [0.29, 0.717) is 18.0 Å². The van der Waals surface area contributed by atoms with Crippen LogP contribution in [0.5, 0.6) is 0 Å². The molecule has 4 nitrogen and oxygen atoms in total. The summed E-state index contributed by atoms with van der Waals surface area (Å²) in [6.07, 6.45) is 2.33. The summed E-state index contributed by atoms with van der Waals surface area (Å²) in [5, 5.41) is 3.64. The molecule has 3 aromatic carbocycles. The average molecular weight is 523 g/mol. The molecule has 0 aromatic heterocycles. The summed E-state index contributed by atoms with van der Waals surface area (Å²) < 4.78 is 0. The zero-order valence-corrected chi connectivity index (χ0v) is 22.7. The zero-order valence-electron chi connectivity index (χ0n) is 21.1. The Morgan fingerprint density at radius 2 is 1.64 bits per heavy atom. The quantitative estimate of drug-likeness (QED) is 0.263. The lowest BCUT2D eigenvalue weighted by atomic mass is 10.0. The van der Waals surface area contributed by atoms with E-state index in [9.17, 15) is 9.59 Å². The van der Waals surface area contributed by atoms with Crippen LogP contribution in [0, 0.1) is 6.92 Å². The van der Waals surface area contributed by atoms with Crippen molar-refractivity contribution in [3.8, 4) is 0 Å². The number of hydrogen-bond donors (Lipinski definition) is 1. The van der Waals surface area contributed by atoms with Crippen LogP contribution in [-0.2, 0) is 28.3 Å².